The van der Waals surface area contributed by atoms with Crippen molar-refractivity contribution in [3.05, 3.63) is 44.8 Å². The van der Waals surface area contributed by atoms with Crippen LogP contribution in [0.4, 0.5) is 0 Å². The predicted octanol–water partition coefficient (Wildman–Crippen LogP) is 0.800. The van der Waals surface area contributed by atoms with Crippen LogP contribution in [0.5, 0.6) is 0 Å². The molecule has 0 N–H and O–H groups in total. The largest absolute Gasteiger partial charge is 1.00 e. The molecule has 20 heavy (non-hydrogen) atoms. The van der Waals surface area contributed by atoms with Crippen LogP contribution in [-0.2, 0) is 10.3 Å². The van der Waals surface area contributed by atoms with Crippen molar-refractivity contribution in [1.82, 2.24) is 0 Å². The summed E-state index contributed by atoms with van der Waals surface area (Å²) >= 11 is 3.44. The van der Waals surface area contributed by atoms with Crippen molar-refractivity contribution in [2.24, 2.45) is 0 Å². The Hall–Kier alpha value is 0.0500. The molecule has 2 aromatic rings. The Morgan fingerprint density at radius 3 is 1.90 bits per heavy atom. The lowest BCUT2D eigenvalue weighted by atomic mass is 9.92. The van der Waals surface area contributed by atoms with Gasteiger partial charge in [0.2, 0.25) is 0 Å². The van der Waals surface area contributed by atoms with Gasteiger partial charge < -0.3 is 33.2 Å². The van der Waals surface area contributed by atoms with Gasteiger partial charge in [0.1, 0.15) is 12.1 Å². The van der Waals surface area contributed by atoms with E-state index in [-0.39, 0.29) is 29.6 Å². The van der Waals surface area contributed by atoms with Gasteiger partial charge in [0.05, 0.1) is 27.7 Å². The molecule has 0 aliphatic heterocycles. The molecule has 0 aliphatic rings. The van der Waals surface area contributed by atoms with Crippen LogP contribution >= 0.6 is 22.7 Å². The molecule has 0 spiro atoms. The van der Waals surface area contributed by atoms with Gasteiger partial charge >= 0.3 is 0 Å². The van der Waals surface area contributed by atoms with Gasteiger partial charge in [-0.05, 0) is 51.7 Å². The Labute approximate surface area is 147 Å². The SMILES string of the molecule is CC(OCC[N+](C)(C)C)(c1ccsc1)c1ccsc1.[I-]. The summed E-state index contributed by atoms with van der Waals surface area (Å²) in [6, 6.07) is 4.32. The molecule has 2 heterocycles. The third-order valence-electron chi connectivity index (χ3n) is 3.30. The van der Waals surface area contributed by atoms with E-state index >= 15 is 0 Å². The molecular formula is C15H22INOS2. The van der Waals surface area contributed by atoms with Crippen molar-refractivity contribution in [3.63, 3.8) is 0 Å². The fourth-order valence-electron chi connectivity index (χ4n) is 1.93. The second-order valence-corrected chi connectivity index (χ2v) is 7.48. The monoisotopic (exact) mass is 423 g/mol. The second-order valence-electron chi connectivity index (χ2n) is 5.92. The molecule has 2 nitrogen and oxygen atoms in total. The highest BCUT2D eigenvalue weighted by Crippen LogP contribution is 2.35. The molecular weight excluding hydrogens is 401 g/mol. The molecule has 2 rings (SSSR count). The highest BCUT2D eigenvalue weighted by molar-refractivity contribution is 7.08. The van der Waals surface area contributed by atoms with Gasteiger partial charge in [0.25, 0.3) is 0 Å². The zero-order chi connectivity index (χ0) is 13.9. The van der Waals surface area contributed by atoms with Gasteiger partial charge in [-0.15, -0.1) is 0 Å². The van der Waals surface area contributed by atoms with Gasteiger partial charge in [-0.1, -0.05) is 0 Å². The molecule has 0 bridgehead atoms. The molecule has 5 heteroatoms. The van der Waals surface area contributed by atoms with Gasteiger partial charge in [-0.3, -0.25) is 0 Å². The van der Waals surface area contributed by atoms with E-state index in [9.17, 15) is 0 Å². The molecule has 0 aromatic carbocycles. The molecule has 0 atom stereocenters. The number of hydrogen-bond donors (Lipinski definition) is 0. The van der Waals surface area contributed by atoms with Crippen molar-refractivity contribution in [1.29, 1.82) is 0 Å². The van der Waals surface area contributed by atoms with Gasteiger partial charge in [-0.2, -0.15) is 22.7 Å². The van der Waals surface area contributed by atoms with Crippen molar-refractivity contribution in [3.8, 4) is 0 Å². The maximum absolute atomic E-state index is 6.29. The number of nitrogens with zero attached hydrogens (tertiary/aromatic N) is 1. The van der Waals surface area contributed by atoms with Crippen molar-refractivity contribution >= 4 is 22.7 Å². The summed E-state index contributed by atoms with van der Waals surface area (Å²) in [6.07, 6.45) is 0. The normalized spacial score (nSPS) is 12.2. The van der Waals surface area contributed by atoms with Crippen LogP contribution in [0.1, 0.15) is 18.1 Å². The lowest BCUT2D eigenvalue weighted by Gasteiger charge is -2.31. The third-order valence-corrected chi connectivity index (χ3v) is 4.66. The molecule has 112 valence electrons. The summed E-state index contributed by atoms with van der Waals surface area (Å²) in [7, 11) is 6.57. The lowest BCUT2D eigenvalue weighted by Crippen LogP contribution is -3.00. The Balaban J connectivity index is 0.00000200. The Kier molecular flexibility index (Phi) is 6.66. The molecule has 0 saturated carbocycles. The number of thiophene rings is 2. The Bertz CT molecular complexity index is 454. The first-order chi connectivity index (χ1) is 8.92. The number of quaternary nitrogens is 1. The van der Waals surface area contributed by atoms with E-state index in [2.05, 4.69) is 61.7 Å². The van der Waals surface area contributed by atoms with Crippen molar-refractivity contribution < 1.29 is 33.2 Å². The standard InChI is InChI=1S/C15H22NOS2.HI/c1-15(13-5-9-18-11-13,14-6-10-19-12-14)17-8-7-16(2,3)4;/h5-6,9-12H,7-8H2,1-4H3;1H/q+1;/p-1. The summed E-state index contributed by atoms with van der Waals surface area (Å²) in [5.74, 6) is 0. The molecule has 2 aromatic heterocycles. The van der Waals surface area contributed by atoms with Gasteiger partial charge in [0.15, 0.2) is 0 Å². The maximum Gasteiger partial charge on any atom is 0.117 e. The Morgan fingerprint density at radius 2 is 1.55 bits per heavy atom. The van der Waals surface area contributed by atoms with Crippen LogP contribution in [0, 0.1) is 0 Å². The second kappa shape index (κ2) is 7.35. The minimum atomic E-state index is -0.324. The smallest absolute Gasteiger partial charge is 0.117 e. The molecule has 0 amide bonds. The lowest BCUT2D eigenvalue weighted by molar-refractivity contribution is -0.871. The zero-order valence-electron chi connectivity index (χ0n) is 12.4. The van der Waals surface area contributed by atoms with E-state index < -0.39 is 0 Å². The summed E-state index contributed by atoms with van der Waals surface area (Å²) in [5, 5.41) is 8.60. The summed E-state index contributed by atoms with van der Waals surface area (Å²) in [4.78, 5) is 0. The van der Waals surface area contributed by atoms with Crippen LogP contribution in [0.2, 0.25) is 0 Å². The average molecular weight is 423 g/mol. The van der Waals surface area contributed by atoms with Crippen LogP contribution in [0.3, 0.4) is 0 Å². The van der Waals surface area contributed by atoms with Crippen molar-refractivity contribution in [2.75, 3.05) is 34.3 Å². The number of halogens is 1. The molecule has 0 radical (unpaired) electrons. The minimum Gasteiger partial charge on any atom is -1.00 e. The molecule has 0 unspecified atom stereocenters. The van der Waals surface area contributed by atoms with E-state index in [1.54, 1.807) is 22.7 Å². The van der Waals surface area contributed by atoms with E-state index in [1.165, 1.54) is 11.1 Å². The molecule has 0 fully saturated rings. The average Bonchev–Trinajstić information content (AvgIpc) is 3.01. The van der Waals surface area contributed by atoms with Crippen LogP contribution < -0.4 is 24.0 Å². The highest BCUT2D eigenvalue weighted by atomic mass is 127. The van der Waals surface area contributed by atoms with E-state index in [1.807, 2.05) is 0 Å². The summed E-state index contributed by atoms with van der Waals surface area (Å²) in [5.41, 5.74) is 2.17. The maximum atomic E-state index is 6.29. The zero-order valence-corrected chi connectivity index (χ0v) is 16.2. The topological polar surface area (TPSA) is 9.23 Å². The summed E-state index contributed by atoms with van der Waals surface area (Å²) in [6.45, 7) is 3.93. The van der Waals surface area contributed by atoms with Gasteiger partial charge in [0, 0.05) is 0 Å². The van der Waals surface area contributed by atoms with Crippen LogP contribution in [-0.4, -0.2) is 38.8 Å². The highest BCUT2D eigenvalue weighted by Gasteiger charge is 2.31. The van der Waals surface area contributed by atoms with E-state index in [0.717, 1.165) is 17.6 Å². The third kappa shape index (κ3) is 4.53. The van der Waals surface area contributed by atoms with Crippen LogP contribution in [0.25, 0.3) is 0 Å². The first-order valence-electron chi connectivity index (χ1n) is 6.41. The predicted molar refractivity (Wildman–Crippen MR) is 83.9 cm³/mol. The first kappa shape index (κ1) is 18.1. The summed E-state index contributed by atoms with van der Waals surface area (Å²) < 4.78 is 7.21. The van der Waals surface area contributed by atoms with E-state index in [4.69, 9.17) is 4.74 Å². The number of hydrogen-bond acceptors (Lipinski definition) is 3. The molecule has 0 aliphatic carbocycles. The van der Waals surface area contributed by atoms with E-state index in [0.29, 0.717) is 0 Å². The number of likely N-dealkylation sites (N-methyl/N-ethyl adjacent to an activating group) is 1. The fourth-order valence-corrected chi connectivity index (χ4v) is 3.44. The van der Waals surface area contributed by atoms with Crippen LogP contribution in [0.15, 0.2) is 33.7 Å². The number of rotatable bonds is 6. The fraction of sp³-hybridized carbons (Fsp3) is 0.467. The minimum absolute atomic E-state index is 0. The Morgan fingerprint density at radius 1 is 1.05 bits per heavy atom. The van der Waals surface area contributed by atoms with Gasteiger partial charge in [-0.25, -0.2) is 0 Å². The molecule has 0 saturated heterocycles. The quantitative estimate of drug-likeness (QED) is 0.494. The van der Waals surface area contributed by atoms with Crippen molar-refractivity contribution in [2.45, 2.75) is 12.5 Å². The first-order valence-corrected chi connectivity index (χ1v) is 8.30. The number of ether oxygens (including phenoxy) is 1.